The predicted molar refractivity (Wildman–Crippen MR) is 75.8 cm³/mol. The van der Waals surface area contributed by atoms with Crippen molar-refractivity contribution in [1.29, 1.82) is 0 Å². The number of carbonyl (C=O) groups is 1. The van der Waals surface area contributed by atoms with E-state index in [4.69, 9.17) is 0 Å². The summed E-state index contributed by atoms with van der Waals surface area (Å²) in [6.45, 7) is 4.94. The van der Waals surface area contributed by atoms with Crippen LogP contribution in [0.15, 0.2) is 6.07 Å². The van der Waals surface area contributed by atoms with Crippen molar-refractivity contribution in [3.63, 3.8) is 0 Å². The van der Waals surface area contributed by atoms with Gasteiger partial charge in [-0.25, -0.2) is 0 Å². The molecule has 1 amide bonds. The normalized spacial score (nSPS) is 19.2. The quantitative estimate of drug-likeness (QED) is 0.854. The van der Waals surface area contributed by atoms with Crippen LogP contribution in [0.3, 0.4) is 0 Å². The summed E-state index contributed by atoms with van der Waals surface area (Å²) in [6.07, 6.45) is 0.902. The molecule has 5 heteroatoms. The van der Waals surface area contributed by atoms with Crippen molar-refractivity contribution in [2.75, 3.05) is 18.2 Å². The lowest BCUT2D eigenvalue weighted by Gasteiger charge is -2.10. The molecule has 18 heavy (non-hydrogen) atoms. The van der Waals surface area contributed by atoms with Gasteiger partial charge in [-0.15, -0.1) is 11.8 Å². The Morgan fingerprint density at radius 3 is 2.94 bits per heavy atom. The molecule has 1 aliphatic heterocycles. The van der Waals surface area contributed by atoms with Crippen LogP contribution < -0.4 is 10.6 Å². The maximum absolute atomic E-state index is 11.8. The van der Waals surface area contributed by atoms with Gasteiger partial charge >= 0.3 is 0 Å². The van der Waals surface area contributed by atoms with Gasteiger partial charge in [-0.3, -0.25) is 10.1 Å². The van der Waals surface area contributed by atoms with E-state index in [9.17, 15) is 4.79 Å². The van der Waals surface area contributed by atoms with E-state index in [2.05, 4.69) is 42.2 Å². The minimum atomic E-state index is -0.00592. The molecule has 2 N–H and O–H groups in total. The molecule has 0 spiro atoms. The Morgan fingerprint density at radius 1 is 1.61 bits per heavy atom. The minimum absolute atomic E-state index is 0.00592. The average Bonchev–Trinajstić information content (AvgIpc) is 2.95. The molecule has 1 aromatic rings. The molecule has 1 unspecified atom stereocenters. The molecule has 0 saturated carbocycles. The van der Waals surface area contributed by atoms with Crippen LogP contribution in [0.25, 0.3) is 0 Å². The largest absolute Gasteiger partial charge is 0.354 e. The molecule has 1 aromatic heterocycles. The van der Waals surface area contributed by atoms with E-state index >= 15 is 0 Å². The second kappa shape index (κ2) is 5.80. The first-order chi connectivity index (χ1) is 8.59. The first-order valence-electron chi connectivity index (χ1n) is 6.30. The summed E-state index contributed by atoms with van der Waals surface area (Å²) in [6, 6.07) is 2.19. The molecule has 0 bridgehead atoms. The zero-order valence-electron chi connectivity index (χ0n) is 11.2. The smallest absolute Gasteiger partial charge is 0.238 e. The van der Waals surface area contributed by atoms with Crippen molar-refractivity contribution in [3.05, 3.63) is 23.0 Å². The Morgan fingerprint density at radius 2 is 2.39 bits per heavy atom. The van der Waals surface area contributed by atoms with Crippen LogP contribution in [-0.2, 0) is 18.3 Å². The summed E-state index contributed by atoms with van der Waals surface area (Å²) >= 11 is 1.77. The molecule has 0 aliphatic carbocycles. The maximum atomic E-state index is 11.8. The molecular weight excluding hydrogens is 246 g/mol. The van der Waals surface area contributed by atoms with Crippen molar-refractivity contribution < 1.29 is 4.79 Å². The molecule has 2 heterocycles. The number of nitrogens with one attached hydrogen (secondary N) is 2. The van der Waals surface area contributed by atoms with Crippen LogP contribution in [-0.4, -0.2) is 34.7 Å². The number of hydrogen-bond donors (Lipinski definition) is 2. The van der Waals surface area contributed by atoms with Crippen LogP contribution >= 0.6 is 11.8 Å². The highest BCUT2D eigenvalue weighted by atomic mass is 32.2. The Labute approximate surface area is 113 Å². The summed E-state index contributed by atoms with van der Waals surface area (Å²) < 4.78 is 2.19. The van der Waals surface area contributed by atoms with Gasteiger partial charge in [-0.2, -0.15) is 0 Å². The van der Waals surface area contributed by atoms with Gasteiger partial charge < -0.3 is 9.88 Å². The van der Waals surface area contributed by atoms with Crippen molar-refractivity contribution in [2.45, 2.75) is 26.3 Å². The third-order valence-corrected chi connectivity index (χ3v) is 4.55. The van der Waals surface area contributed by atoms with Gasteiger partial charge in [-0.05, 0) is 31.9 Å². The van der Waals surface area contributed by atoms with Gasteiger partial charge in [0.2, 0.25) is 5.91 Å². The molecule has 1 saturated heterocycles. The van der Waals surface area contributed by atoms with Crippen LogP contribution in [0, 0.1) is 13.8 Å². The Bertz CT molecular complexity index is 436. The summed E-state index contributed by atoms with van der Waals surface area (Å²) in [4.78, 5) is 11.8. The molecule has 1 atom stereocenters. The van der Waals surface area contributed by atoms with Gasteiger partial charge in [0, 0.05) is 36.6 Å². The third kappa shape index (κ3) is 2.90. The molecule has 2 rings (SSSR count). The van der Waals surface area contributed by atoms with Crippen LogP contribution in [0.5, 0.6) is 0 Å². The summed E-state index contributed by atoms with van der Waals surface area (Å²) in [7, 11) is 2.08. The van der Waals surface area contributed by atoms with Crippen LogP contribution in [0.1, 0.15) is 17.0 Å². The summed E-state index contributed by atoms with van der Waals surface area (Å²) in [5, 5.41) is 6.18. The number of aromatic nitrogens is 1. The standard InChI is InChI=1S/C13H21N3OS/c1-9-6-11(10(2)16(9)3)4-5-14-13(17)12-7-18-8-15-12/h6,12,15H,4-5,7-8H2,1-3H3,(H,14,17). The fourth-order valence-electron chi connectivity index (χ4n) is 2.19. The van der Waals surface area contributed by atoms with E-state index in [0.29, 0.717) is 6.54 Å². The molecule has 4 nitrogen and oxygen atoms in total. The highest BCUT2D eigenvalue weighted by molar-refractivity contribution is 7.99. The third-order valence-electron chi connectivity index (χ3n) is 3.61. The van der Waals surface area contributed by atoms with E-state index in [-0.39, 0.29) is 11.9 Å². The lowest BCUT2D eigenvalue weighted by atomic mass is 10.2. The van der Waals surface area contributed by atoms with Crippen molar-refractivity contribution in [1.82, 2.24) is 15.2 Å². The van der Waals surface area contributed by atoms with E-state index in [1.54, 1.807) is 11.8 Å². The van der Waals surface area contributed by atoms with Gasteiger partial charge in [0.25, 0.3) is 0 Å². The summed E-state index contributed by atoms with van der Waals surface area (Å²) in [5.41, 5.74) is 3.88. The first-order valence-corrected chi connectivity index (χ1v) is 7.45. The SMILES string of the molecule is Cc1cc(CCNC(=O)C2CSCN2)c(C)n1C. The molecule has 0 radical (unpaired) electrons. The van der Waals surface area contributed by atoms with Gasteiger partial charge in [0.15, 0.2) is 0 Å². The first kappa shape index (κ1) is 13.5. The molecule has 1 fully saturated rings. The molecule has 1 aliphatic rings. The highest BCUT2D eigenvalue weighted by Crippen LogP contribution is 2.13. The second-order valence-corrected chi connectivity index (χ2v) is 5.80. The topological polar surface area (TPSA) is 46.1 Å². The molecule has 0 aromatic carbocycles. The van der Waals surface area contributed by atoms with Crippen molar-refractivity contribution >= 4 is 17.7 Å². The van der Waals surface area contributed by atoms with Crippen LogP contribution in [0.4, 0.5) is 0 Å². The molecular formula is C13H21N3OS. The zero-order valence-corrected chi connectivity index (χ0v) is 12.1. The number of nitrogens with zero attached hydrogens (tertiary/aromatic N) is 1. The monoisotopic (exact) mass is 267 g/mol. The number of rotatable bonds is 4. The predicted octanol–water partition coefficient (Wildman–Crippen LogP) is 0.963. The number of thioether (sulfide) groups is 1. The lowest BCUT2D eigenvalue weighted by Crippen LogP contribution is -2.42. The fraction of sp³-hybridized carbons (Fsp3) is 0.615. The van der Waals surface area contributed by atoms with Gasteiger partial charge in [0.1, 0.15) is 0 Å². The summed E-state index contributed by atoms with van der Waals surface area (Å²) in [5.74, 6) is 1.90. The second-order valence-electron chi connectivity index (χ2n) is 4.77. The fourth-order valence-corrected chi connectivity index (χ4v) is 3.14. The van der Waals surface area contributed by atoms with E-state index in [1.807, 2.05) is 0 Å². The molecule has 100 valence electrons. The van der Waals surface area contributed by atoms with E-state index < -0.39 is 0 Å². The average molecular weight is 267 g/mol. The Hall–Kier alpha value is -0.940. The van der Waals surface area contributed by atoms with Gasteiger partial charge in [0.05, 0.1) is 6.04 Å². The van der Waals surface area contributed by atoms with Crippen molar-refractivity contribution in [2.24, 2.45) is 7.05 Å². The highest BCUT2D eigenvalue weighted by Gasteiger charge is 2.21. The van der Waals surface area contributed by atoms with E-state index in [0.717, 1.165) is 18.1 Å². The Kier molecular flexibility index (Phi) is 4.35. The number of aryl methyl sites for hydroxylation is 1. The van der Waals surface area contributed by atoms with E-state index in [1.165, 1.54) is 17.0 Å². The zero-order chi connectivity index (χ0) is 13.1. The van der Waals surface area contributed by atoms with Crippen LogP contribution in [0.2, 0.25) is 0 Å². The maximum Gasteiger partial charge on any atom is 0.238 e. The van der Waals surface area contributed by atoms with Gasteiger partial charge in [-0.1, -0.05) is 0 Å². The Balaban J connectivity index is 1.81. The number of carbonyl (C=O) groups excluding carboxylic acids is 1. The number of hydrogen-bond acceptors (Lipinski definition) is 3. The minimum Gasteiger partial charge on any atom is -0.354 e. The lowest BCUT2D eigenvalue weighted by molar-refractivity contribution is -0.122. The number of amides is 1. The van der Waals surface area contributed by atoms with Crippen molar-refractivity contribution in [3.8, 4) is 0 Å².